The molecule has 3 aromatic rings. The molecule has 1 aliphatic heterocycles. The fourth-order valence-corrected chi connectivity index (χ4v) is 3.73. The molecule has 0 bridgehead atoms. The number of rotatable bonds is 4. The molecule has 1 aliphatic rings. The van der Waals surface area contributed by atoms with Crippen LogP contribution in [0.3, 0.4) is 0 Å². The molecule has 0 radical (unpaired) electrons. The van der Waals surface area contributed by atoms with Crippen LogP contribution in [0.1, 0.15) is 16.1 Å². The van der Waals surface area contributed by atoms with Crippen LogP contribution >= 0.6 is 24.0 Å². The van der Waals surface area contributed by atoms with E-state index in [1.165, 1.54) is 13.3 Å². The zero-order chi connectivity index (χ0) is 19.7. The third kappa shape index (κ3) is 3.49. The quantitative estimate of drug-likeness (QED) is 0.501. The maximum absolute atomic E-state index is 12.8. The van der Waals surface area contributed by atoms with Gasteiger partial charge in [-0.25, -0.2) is 0 Å². The lowest BCUT2D eigenvalue weighted by molar-refractivity contribution is -0.115. The molecule has 3 heterocycles. The highest BCUT2D eigenvalue weighted by Gasteiger charge is 2.23. The number of benzene rings is 1. The average Bonchev–Trinajstić information content (AvgIpc) is 3.23. The van der Waals surface area contributed by atoms with Crippen molar-refractivity contribution >= 4 is 62.8 Å². The van der Waals surface area contributed by atoms with E-state index in [0.29, 0.717) is 37.4 Å². The molecule has 0 saturated carbocycles. The Hall–Kier alpha value is -3.17. The summed E-state index contributed by atoms with van der Waals surface area (Å²) in [6.07, 6.45) is 4.61. The van der Waals surface area contributed by atoms with Crippen LogP contribution in [-0.4, -0.2) is 28.2 Å². The second-order valence-corrected chi connectivity index (χ2v) is 7.48. The first kappa shape index (κ1) is 18.2. The molecular weight excluding hydrogens is 398 g/mol. The van der Waals surface area contributed by atoms with E-state index in [4.69, 9.17) is 21.4 Å². The van der Waals surface area contributed by atoms with Crippen LogP contribution in [0, 0.1) is 0 Å². The highest BCUT2D eigenvalue weighted by Crippen LogP contribution is 2.30. The van der Waals surface area contributed by atoms with Gasteiger partial charge in [0.25, 0.3) is 11.8 Å². The lowest BCUT2D eigenvalue weighted by Crippen LogP contribution is -2.17. The Kier molecular flexibility index (Phi) is 4.84. The number of thioether (sulfide) groups is 1. The Bertz CT molecular complexity index is 1150. The summed E-state index contributed by atoms with van der Waals surface area (Å²) in [5.74, 6) is 0.311. The molecule has 7 nitrogen and oxygen atoms in total. The van der Waals surface area contributed by atoms with E-state index in [9.17, 15) is 9.59 Å². The molecule has 4 rings (SSSR count). The molecule has 9 heteroatoms. The first-order chi connectivity index (χ1) is 13.5. The number of methoxy groups -OCH3 is 1. The minimum atomic E-state index is -0.384. The fraction of sp³-hybridized carbons (Fsp3) is 0.0526. The van der Waals surface area contributed by atoms with Crippen molar-refractivity contribution in [3.8, 4) is 5.75 Å². The van der Waals surface area contributed by atoms with E-state index in [2.05, 4.69) is 15.6 Å². The standard InChI is InChI=1S/C19H13N3O4S2/c1-25-14-5-3-2-4-13(14)21-17(23)12-9-20-8-10-6-11(26-16(10)12)7-15-18(24)22-19(27)28-15/h2-9H,1H3,(H,21,23)(H,22,24,27)/b15-7+. The number of carbonyl (C=O) groups is 2. The summed E-state index contributed by atoms with van der Waals surface area (Å²) in [5.41, 5.74) is 1.18. The molecule has 0 spiro atoms. The number of aromatic nitrogens is 1. The minimum Gasteiger partial charge on any atom is -0.495 e. The van der Waals surface area contributed by atoms with E-state index in [1.807, 2.05) is 6.07 Å². The number of ether oxygens (including phenoxy) is 1. The van der Waals surface area contributed by atoms with Crippen molar-refractivity contribution in [3.05, 3.63) is 59.0 Å². The van der Waals surface area contributed by atoms with Gasteiger partial charge >= 0.3 is 0 Å². The van der Waals surface area contributed by atoms with Crippen LogP contribution in [-0.2, 0) is 4.79 Å². The molecule has 0 aliphatic carbocycles. The Morgan fingerprint density at radius 2 is 2.18 bits per heavy atom. The van der Waals surface area contributed by atoms with Crippen molar-refractivity contribution in [1.29, 1.82) is 0 Å². The monoisotopic (exact) mass is 411 g/mol. The van der Waals surface area contributed by atoms with Crippen molar-refractivity contribution in [2.24, 2.45) is 0 Å². The summed E-state index contributed by atoms with van der Waals surface area (Å²) in [7, 11) is 1.53. The fourth-order valence-electron chi connectivity index (χ4n) is 2.70. The summed E-state index contributed by atoms with van der Waals surface area (Å²) in [5, 5.41) is 5.99. The first-order valence-electron chi connectivity index (χ1n) is 8.12. The van der Waals surface area contributed by atoms with Gasteiger partial charge in [0.15, 0.2) is 5.58 Å². The van der Waals surface area contributed by atoms with Crippen LogP contribution in [0.5, 0.6) is 5.75 Å². The van der Waals surface area contributed by atoms with Crippen LogP contribution in [0.2, 0.25) is 0 Å². The normalized spacial score (nSPS) is 15.1. The number of nitrogens with one attached hydrogen (secondary N) is 2. The first-order valence-corrected chi connectivity index (χ1v) is 9.34. The Balaban J connectivity index is 1.67. The van der Waals surface area contributed by atoms with E-state index < -0.39 is 0 Å². The third-order valence-corrected chi connectivity index (χ3v) is 5.12. The number of furan rings is 1. The lowest BCUT2D eigenvalue weighted by atomic mass is 10.2. The van der Waals surface area contributed by atoms with Gasteiger partial charge < -0.3 is 19.8 Å². The number of nitrogens with zero attached hydrogens (tertiary/aromatic N) is 1. The highest BCUT2D eigenvalue weighted by atomic mass is 32.2. The Morgan fingerprint density at radius 3 is 2.93 bits per heavy atom. The summed E-state index contributed by atoms with van der Waals surface area (Å²) < 4.78 is 11.5. The molecule has 2 amide bonds. The maximum Gasteiger partial charge on any atom is 0.263 e. The van der Waals surface area contributed by atoms with E-state index in [1.54, 1.807) is 36.5 Å². The van der Waals surface area contributed by atoms with Gasteiger partial charge in [0.2, 0.25) is 0 Å². The predicted octanol–water partition coefficient (Wildman–Crippen LogP) is 3.58. The number of carbonyl (C=O) groups excluding carboxylic acids is 2. The second kappa shape index (κ2) is 7.45. The van der Waals surface area contributed by atoms with Gasteiger partial charge in [-0.2, -0.15) is 0 Å². The zero-order valence-corrected chi connectivity index (χ0v) is 16.1. The Morgan fingerprint density at radius 1 is 1.36 bits per heavy atom. The van der Waals surface area contributed by atoms with Crippen LogP contribution < -0.4 is 15.4 Å². The third-order valence-electron chi connectivity index (χ3n) is 3.96. The van der Waals surface area contributed by atoms with Crippen molar-refractivity contribution < 1.29 is 18.7 Å². The largest absolute Gasteiger partial charge is 0.495 e. The molecule has 2 N–H and O–H groups in total. The van der Waals surface area contributed by atoms with Crippen LogP contribution in [0.25, 0.3) is 17.0 Å². The van der Waals surface area contributed by atoms with Crippen molar-refractivity contribution in [1.82, 2.24) is 10.3 Å². The van der Waals surface area contributed by atoms with Gasteiger partial charge in [-0.1, -0.05) is 36.1 Å². The lowest BCUT2D eigenvalue weighted by Gasteiger charge is -2.09. The van der Waals surface area contributed by atoms with Gasteiger partial charge in [-0.3, -0.25) is 14.6 Å². The number of pyridine rings is 1. The molecule has 1 saturated heterocycles. The van der Waals surface area contributed by atoms with Crippen LogP contribution in [0.15, 0.2) is 52.0 Å². The van der Waals surface area contributed by atoms with Crippen LogP contribution in [0.4, 0.5) is 5.69 Å². The molecule has 0 unspecified atom stereocenters. The predicted molar refractivity (Wildman–Crippen MR) is 111 cm³/mol. The number of hydrogen-bond acceptors (Lipinski definition) is 7. The summed E-state index contributed by atoms with van der Waals surface area (Å²) in [6.45, 7) is 0. The minimum absolute atomic E-state index is 0.270. The number of hydrogen-bond donors (Lipinski definition) is 2. The number of fused-ring (bicyclic) bond motifs is 1. The van der Waals surface area contributed by atoms with Crippen molar-refractivity contribution in [2.75, 3.05) is 12.4 Å². The van der Waals surface area contributed by atoms with Crippen molar-refractivity contribution in [3.63, 3.8) is 0 Å². The van der Waals surface area contributed by atoms with E-state index in [0.717, 1.165) is 11.8 Å². The topological polar surface area (TPSA) is 93.5 Å². The van der Waals surface area contributed by atoms with Crippen molar-refractivity contribution in [2.45, 2.75) is 0 Å². The maximum atomic E-state index is 12.8. The van der Waals surface area contributed by atoms with Gasteiger partial charge in [-0.15, -0.1) is 0 Å². The number of anilines is 1. The second-order valence-electron chi connectivity index (χ2n) is 5.76. The smallest absolute Gasteiger partial charge is 0.263 e. The SMILES string of the molecule is COc1ccccc1NC(=O)c1cncc2cc(/C=C3/SC(=S)NC3=O)oc12. The summed E-state index contributed by atoms with van der Waals surface area (Å²) in [4.78, 5) is 29.1. The molecule has 0 atom stereocenters. The van der Waals surface area contributed by atoms with Gasteiger partial charge in [0.05, 0.1) is 17.7 Å². The molecule has 1 aromatic carbocycles. The number of para-hydroxylation sites is 2. The number of thiocarbonyl (C=S) groups is 1. The molecule has 140 valence electrons. The summed E-state index contributed by atoms with van der Waals surface area (Å²) in [6, 6.07) is 8.81. The van der Waals surface area contributed by atoms with E-state index in [-0.39, 0.29) is 17.4 Å². The molecular formula is C19H13N3O4S2. The highest BCUT2D eigenvalue weighted by molar-refractivity contribution is 8.26. The summed E-state index contributed by atoms with van der Waals surface area (Å²) >= 11 is 6.14. The van der Waals surface area contributed by atoms with Gasteiger partial charge in [-0.05, 0) is 18.2 Å². The molecule has 28 heavy (non-hydrogen) atoms. The zero-order valence-electron chi connectivity index (χ0n) is 14.5. The average molecular weight is 411 g/mol. The molecule has 2 aromatic heterocycles. The Labute approximate surface area is 169 Å². The van der Waals surface area contributed by atoms with E-state index >= 15 is 0 Å². The molecule has 1 fully saturated rings. The van der Waals surface area contributed by atoms with Gasteiger partial charge in [0, 0.05) is 23.9 Å². The van der Waals surface area contributed by atoms with Gasteiger partial charge in [0.1, 0.15) is 21.4 Å². The number of amides is 2.